The van der Waals surface area contributed by atoms with Crippen molar-refractivity contribution in [2.45, 2.75) is 13.3 Å². The molecule has 0 aliphatic carbocycles. The Hall–Kier alpha value is -0.210. The van der Waals surface area contributed by atoms with Gasteiger partial charge in [-0.2, -0.15) is 5.10 Å². The molecule has 1 aromatic rings. The summed E-state index contributed by atoms with van der Waals surface area (Å²) >= 11 is 11.5. The molecule has 1 aromatic heterocycles. The van der Waals surface area contributed by atoms with Crippen molar-refractivity contribution in [1.29, 1.82) is 0 Å². The van der Waals surface area contributed by atoms with E-state index in [9.17, 15) is 0 Å². The zero-order valence-corrected chi connectivity index (χ0v) is 8.73. The third-order valence-corrected chi connectivity index (χ3v) is 2.57. The van der Waals surface area contributed by atoms with Crippen LogP contribution in [0.1, 0.15) is 12.6 Å². The molecule has 0 saturated heterocycles. The highest BCUT2D eigenvalue weighted by molar-refractivity contribution is 6.29. The second-order valence-corrected chi connectivity index (χ2v) is 3.74. The number of nitrogens with zero attached hydrogens (tertiary/aromatic N) is 2. The average Bonchev–Trinajstić information content (AvgIpc) is 2.31. The van der Waals surface area contributed by atoms with Crippen molar-refractivity contribution in [2.24, 2.45) is 13.0 Å². The lowest BCUT2D eigenvalue weighted by Crippen LogP contribution is -2.02. The van der Waals surface area contributed by atoms with Crippen LogP contribution in [-0.2, 0) is 13.5 Å². The van der Waals surface area contributed by atoms with E-state index < -0.39 is 0 Å². The van der Waals surface area contributed by atoms with Crippen molar-refractivity contribution in [2.75, 3.05) is 5.88 Å². The minimum atomic E-state index is 0.456. The number of aromatic nitrogens is 2. The third-order valence-electron chi connectivity index (χ3n) is 1.69. The molecule has 2 nitrogen and oxygen atoms in total. The molecule has 0 bridgehead atoms. The van der Waals surface area contributed by atoms with Gasteiger partial charge in [0, 0.05) is 12.9 Å². The normalized spacial score (nSPS) is 13.3. The van der Waals surface area contributed by atoms with E-state index in [-0.39, 0.29) is 0 Å². The molecule has 1 atom stereocenters. The topological polar surface area (TPSA) is 17.8 Å². The Bertz CT molecular complexity index is 238. The molecule has 0 saturated carbocycles. The fourth-order valence-electron chi connectivity index (χ4n) is 1.01. The van der Waals surface area contributed by atoms with Gasteiger partial charge in [0.1, 0.15) is 5.15 Å². The molecule has 0 aliphatic heterocycles. The van der Waals surface area contributed by atoms with E-state index in [2.05, 4.69) is 12.0 Å². The summed E-state index contributed by atoms with van der Waals surface area (Å²) in [5.74, 6) is 1.12. The Balaban J connectivity index is 2.64. The number of aryl methyl sites for hydroxylation is 1. The summed E-state index contributed by atoms with van der Waals surface area (Å²) < 4.78 is 1.66. The highest BCUT2D eigenvalue weighted by atomic mass is 35.5. The van der Waals surface area contributed by atoms with Gasteiger partial charge in [0.25, 0.3) is 0 Å². The fraction of sp³-hybridized carbons (Fsp3) is 0.625. The summed E-state index contributed by atoms with van der Waals surface area (Å²) in [6.07, 6.45) is 0.893. The van der Waals surface area contributed by atoms with Crippen molar-refractivity contribution >= 4 is 23.2 Å². The summed E-state index contributed by atoms with van der Waals surface area (Å²) in [6.45, 7) is 2.09. The first-order chi connectivity index (χ1) is 5.63. The molecule has 1 heterocycles. The molecule has 68 valence electrons. The highest BCUT2D eigenvalue weighted by Crippen LogP contribution is 2.13. The Morgan fingerprint density at radius 3 is 2.75 bits per heavy atom. The SMILES string of the molecule is CC(CCl)Cc1cc(Cl)n(C)n1. The Morgan fingerprint density at radius 1 is 1.67 bits per heavy atom. The summed E-state index contributed by atoms with van der Waals surface area (Å²) in [4.78, 5) is 0. The van der Waals surface area contributed by atoms with Gasteiger partial charge in [-0.25, -0.2) is 0 Å². The van der Waals surface area contributed by atoms with E-state index >= 15 is 0 Å². The summed E-state index contributed by atoms with van der Waals surface area (Å²) in [6, 6.07) is 1.88. The number of halogens is 2. The van der Waals surface area contributed by atoms with Crippen LogP contribution in [0.4, 0.5) is 0 Å². The second kappa shape index (κ2) is 4.15. The first-order valence-corrected chi connectivity index (χ1v) is 4.79. The average molecular weight is 207 g/mol. The minimum Gasteiger partial charge on any atom is -0.257 e. The molecule has 0 amide bonds. The second-order valence-electron chi connectivity index (χ2n) is 3.05. The van der Waals surface area contributed by atoms with Gasteiger partial charge >= 0.3 is 0 Å². The van der Waals surface area contributed by atoms with Crippen molar-refractivity contribution in [3.63, 3.8) is 0 Å². The largest absolute Gasteiger partial charge is 0.257 e. The minimum absolute atomic E-state index is 0.456. The molecule has 0 radical (unpaired) electrons. The smallest absolute Gasteiger partial charge is 0.126 e. The van der Waals surface area contributed by atoms with Crippen LogP contribution in [0.2, 0.25) is 5.15 Å². The molecule has 1 rings (SSSR count). The molecule has 0 N–H and O–H groups in total. The van der Waals surface area contributed by atoms with E-state index in [0.29, 0.717) is 17.0 Å². The predicted octanol–water partition coefficient (Wildman–Crippen LogP) is 2.49. The van der Waals surface area contributed by atoms with Crippen LogP contribution < -0.4 is 0 Å². The van der Waals surface area contributed by atoms with Crippen LogP contribution in [0.3, 0.4) is 0 Å². The van der Waals surface area contributed by atoms with Crippen LogP contribution in [0, 0.1) is 5.92 Å². The fourth-order valence-corrected chi connectivity index (χ4v) is 1.28. The van der Waals surface area contributed by atoms with E-state index in [1.165, 1.54) is 0 Å². The van der Waals surface area contributed by atoms with Gasteiger partial charge in [-0.1, -0.05) is 18.5 Å². The van der Waals surface area contributed by atoms with E-state index in [4.69, 9.17) is 23.2 Å². The van der Waals surface area contributed by atoms with Crippen LogP contribution >= 0.6 is 23.2 Å². The van der Waals surface area contributed by atoms with E-state index in [0.717, 1.165) is 12.1 Å². The molecule has 0 aromatic carbocycles. The standard InChI is InChI=1S/C8H12Cl2N2/c1-6(5-9)3-7-4-8(10)12(2)11-7/h4,6H,3,5H2,1-2H3. The van der Waals surface area contributed by atoms with Crippen LogP contribution in [0.25, 0.3) is 0 Å². The van der Waals surface area contributed by atoms with Crippen molar-refractivity contribution < 1.29 is 0 Å². The number of hydrogen-bond donors (Lipinski definition) is 0. The van der Waals surface area contributed by atoms with Crippen LogP contribution in [0.15, 0.2) is 6.07 Å². The molecular formula is C8H12Cl2N2. The van der Waals surface area contributed by atoms with Crippen molar-refractivity contribution in [3.05, 3.63) is 16.9 Å². The monoisotopic (exact) mass is 206 g/mol. The molecule has 12 heavy (non-hydrogen) atoms. The van der Waals surface area contributed by atoms with E-state index in [1.807, 2.05) is 13.1 Å². The van der Waals surface area contributed by atoms with Crippen LogP contribution in [-0.4, -0.2) is 15.7 Å². The predicted molar refractivity (Wildman–Crippen MR) is 51.8 cm³/mol. The molecular weight excluding hydrogens is 195 g/mol. The molecule has 0 spiro atoms. The van der Waals surface area contributed by atoms with Gasteiger partial charge in [0.2, 0.25) is 0 Å². The Morgan fingerprint density at radius 2 is 2.33 bits per heavy atom. The Kier molecular flexibility index (Phi) is 3.41. The van der Waals surface area contributed by atoms with Gasteiger partial charge in [0.05, 0.1) is 5.69 Å². The Labute approximate surface area is 82.5 Å². The number of alkyl halides is 1. The van der Waals surface area contributed by atoms with Crippen molar-refractivity contribution in [1.82, 2.24) is 9.78 Å². The van der Waals surface area contributed by atoms with Gasteiger partial charge in [-0.15, -0.1) is 11.6 Å². The van der Waals surface area contributed by atoms with E-state index in [1.54, 1.807) is 4.68 Å². The lowest BCUT2D eigenvalue weighted by Gasteiger charge is -2.02. The first kappa shape index (κ1) is 9.87. The lowest BCUT2D eigenvalue weighted by atomic mass is 10.1. The first-order valence-electron chi connectivity index (χ1n) is 3.88. The van der Waals surface area contributed by atoms with Crippen molar-refractivity contribution in [3.8, 4) is 0 Å². The van der Waals surface area contributed by atoms with Gasteiger partial charge in [-0.05, 0) is 18.4 Å². The number of rotatable bonds is 3. The molecule has 1 unspecified atom stereocenters. The van der Waals surface area contributed by atoms with Gasteiger partial charge < -0.3 is 0 Å². The van der Waals surface area contributed by atoms with Gasteiger partial charge in [-0.3, -0.25) is 4.68 Å². The number of hydrogen-bond acceptors (Lipinski definition) is 1. The maximum absolute atomic E-state index is 5.82. The quantitative estimate of drug-likeness (QED) is 0.696. The molecule has 0 aliphatic rings. The maximum atomic E-state index is 5.82. The zero-order valence-electron chi connectivity index (χ0n) is 7.22. The summed E-state index contributed by atoms with van der Waals surface area (Å²) in [5.41, 5.74) is 1.01. The molecule has 4 heteroatoms. The maximum Gasteiger partial charge on any atom is 0.126 e. The highest BCUT2D eigenvalue weighted by Gasteiger charge is 2.06. The van der Waals surface area contributed by atoms with Crippen LogP contribution in [0.5, 0.6) is 0 Å². The molecule has 0 fully saturated rings. The summed E-state index contributed by atoms with van der Waals surface area (Å²) in [7, 11) is 1.83. The zero-order chi connectivity index (χ0) is 9.14. The summed E-state index contributed by atoms with van der Waals surface area (Å²) in [5, 5.41) is 4.90. The lowest BCUT2D eigenvalue weighted by molar-refractivity contribution is 0.626. The van der Waals surface area contributed by atoms with Gasteiger partial charge in [0.15, 0.2) is 0 Å². The third kappa shape index (κ3) is 2.39.